The molecule has 0 bridgehead atoms. The Morgan fingerprint density at radius 3 is 2.67 bits per heavy atom. The van der Waals surface area contributed by atoms with Crippen LogP contribution in [0.3, 0.4) is 0 Å². The quantitative estimate of drug-likeness (QED) is 0.624. The molecule has 1 atom stereocenters. The molecule has 0 N–H and O–H groups in total. The van der Waals surface area contributed by atoms with Crippen molar-refractivity contribution in [2.24, 2.45) is 4.36 Å². The molecule has 0 fully saturated rings. The number of esters is 1. The van der Waals surface area contributed by atoms with Gasteiger partial charge in [-0.3, -0.25) is 9.59 Å². The lowest BCUT2D eigenvalue weighted by molar-refractivity contribution is -0.132. The molecular weight excluding hydrogens is 335 g/mol. The first kappa shape index (κ1) is 17.7. The molecule has 24 heavy (non-hydrogen) atoms. The lowest BCUT2D eigenvalue weighted by atomic mass is 10.1. The van der Waals surface area contributed by atoms with Crippen molar-refractivity contribution in [1.82, 2.24) is 4.98 Å². The zero-order valence-electron chi connectivity index (χ0n) is 13.1. The van der Waals surface area contributed by atoms with Gasteiger partial charge in [0.1, 0.15) is 16.6 Å². The molecule has 2 aromatic rings. The molecule has 0 aliphatic carbocycles. The number of ether oxygens (including phenoxy) is 1. The molecule has 0 radical (unpaired) electrons. The minimum absolute atomic E-state index is 0.0629. The van der Waals surface area contributed by atoms with Crippen molar-refractivity contribution in [2.45, 2.75) is 18.4 Å². The van der Waals surface area contributed by atoms with Gasteiger partial charge < -0.3 is 4.74 Å². The Balaban J connectivity index is 2.30. The third-order valence-electron chi connectivity index (χ3n) is 2.92. The number of aromatic nitrogens is 1. The summed E-state index contributed by atoms with van der Waals surface area (Å²) in [6.07, 6.45) is 2.40. The zero-order chi connectivity index (χ0) is 17.7. The SMILES string of the molecule is CC(=O)Oc1ccc(F)cc1CC(=O)N=S(C)(=O)c1ccccn1. The van der Waals surface area contributed by atoms with Crippen LogP contribution in [0, 0.1) is 5.82 Å². The highest BCUT2D eigenvalue weighted by atomic mass is 32.2. The summed E-state index contributed by atoms with van der Waals surface area (Å²) in [7, 11) is -3.01. The number of halogens is 1. The molecular formula is C16H15FN2O4S. The number of nitrogens with zero attached hydrogens (tertiary/aromatic N) is 2. The van der Waals surface area contributed by atoms with E-state index in [1.807, 2.05) is 0 Å². The van der Waals surface area contributed by atoms with Gasteiger partial charge in [-0.2, -0.15) is 4.36 Å². The van der Waals surface area contributed by atoms with Gasteiger partial charge in [0.25, 0.3) is 5.91 Å². The molecule has 6 nitrogen and oxygen atoms in total. The van der Waals surface area contributed by atoms with Gasteiger partial charge in [0.05, 0.1) is 16.1 Å². The van der Waals surface area contributed by atoms with Gasteiger partial charge in [0.15, 0.2) is 0 Å². The first-order chi connectivity index (χ1) is 11.3. The van der Waals surface area contributed by atoms with Crippen molar-refractivity contribution in [3.8, 4) is 5.75 Å². The molecule has 126 valence electrons. The smallest absolute Gasteiger partial charge is 0.308 e. The number of benzene rings is 1. The first-order valence-electron chi connectivity index (χ1n) is 6.91. The molecule has 0 saturated heterocycles. The number of amides is 1. The van der Waals surface area contributed by atoms with Crippen molar-refractivity contribution < 1.29 is 22.9 Å². The second-order valence-electron chi connectivity index (χ2n) is 4.98. The third-order valence-corrected chi connectivity index (χ3v) is 4.49. The van der Waals surface area contributed by atoms with Gasteiger partial charge in [-0.1, -0.05) is 6.07 Å². The number of carbonyl (C=O) groups is 2. The monoisotopic (exact) mass is 350 g/mol. The van der Waals surface area contributed by atoms with Crippen LogP contribution in [0.15, 0.2) is 52.0 Å². The zero-order valence-corrected chi connectivity index (χ0v) is 13.9. The Morgan fingerprint density at radius 2 is 2.04 bits per heavy atom. The molecule has 0 aliphatic heterocycles. The summed E-state index contributed by atoms with van der Waals surface area (Å²) in [5.74, 6) is -1.85. The van der Waals surface area contributed by atoms with Crippen molar-refractivity contribution in [3.63, 3.8) is 0 Å². The fraction of sp³-hybridized carbons (Fsp3) is 0.188. The van der Waals surface area contributed by atoms with E-state index in [-0.39, 0.29) is 22.8 Å². The molecule has 0 aliphatic rings. The fourth-order valence-corrected chi connectivity index (χ4v) is 3.08. The Bertz CT molecular complexity index is 890. The minimum atomic E-state index is -3.01. The van der Waals surface area contributed by atoms with Crippen LogP contribution in [-0.4, -0.2) is 27.3 Å². The second kappa shape index (κ2) is 7.31. The number of carbonyl (C=O) groups excluding carboxylic acids is 2. The fourth-order valence-electron chi connectivity index (χ4n) is 1.95. The van der Waals surface area contributed by atoms with Gasteiger partial charge in [0, 0.05) is 24.9 Å². The Morgan fingerprint density at radius 1 is 1.29 bits per heavy atom. The van der Waals surface area contributed by atoms with Crippen molar-refractivity contribution in [3.05, 3.63) is 54.0 Å². The average Bonchev–Trinajstić information content (AvgIpc) is 2.50. The normalized spacial score (nSPS) is 13.0. The predicted molar refractivity (Wildman–Crippen MR) is 85.4 cm³/mol. The van der Waals surface area contributed by atoms with E-state index in [0.29, 0.717) is 0 Å². The van der Waals surface area contributed by atoms with Gasteiger partial charge >= 0.3 is 5.97 Å². The molecule has 0 spiro atoms. The summed E-state index contributed by atoms with van der Waals surface area (Å²) >= 11 is 0. The van der Waals surface area contributed by atoms with Crippen molar-refractivity contribution >= 4 is 21.6 Å². The Labute approximate surface area is 138 Å². The topological polar surface area (TPSA) is 85.7 Å². The van der Waals surface area contributed by atoms with Crippen LogP contribution >= 0.6 is 0 Å². The molecule has 1 amide bonds. The molecule has 0 saturated carbocycles. The van der Waals surface area contributed by atoms with E-state index in [1.165, 1.54) is 31.5 Å². The maximum absolute atomic E-state index is 13.4. The summed E-state index contributed by atoms with van der Waals surface area (Å²) in [5.41, 5.74) is 0.148. The highest BCUT2D eigenvalue weighted by Crippen LogP contribution is 2.21. The molecule has 8 heteroatoms. The Kier molecular flexibility index (Phi) is 5.40. The molecule has 1 aromatic carbocycles. The summed E-state index contributed by atoms with van der Waals surface area (Å²) < 4.78 is 34.5. The summed E-state index contributed by atoms with van der Waals surface area (Å²) in [4.78, 5) is 27.1. The largest absolute Gasteiger partial charge is 0.426 e. The molecule has 2 rings (SSSR count). The Hall–Kier alpha value is -2.61. The van der Waals surface area contributed by atoms with E-state index < -0.39 is 27.4 Å². The van der Waals surface area contributed by atoms with Gasteiger partial charge in [0.2, 0.25) is 0 Å². The van der Waals surface area contributed by atoms with Crippen LogP contribution in [0.4, 0.5) is 4.39 Å². The summed E-state index contributed by atoms with van der Waals surface area (Å²) in [6, 6.07) is 8.23. The molecule has 1 aromatic heterocycles. The van der Waals surface area contributed by atoms with Crippen LogP contribution < -0.4 is 4.74 Å². The maximum atomic E-state index is 13.4. The minimum Gasteiger partial charge on any atom is -0.426 e. The van der Waals surface area contributed by atoms with Gasteiger partial charge in [-0.15, -0.1) is 0 Å². The van der Waals surface area contributed by atoms with Crippen LogP contribution in [0.25, 0.3) is 0 Å². The summed E-state index contributed by atoms with van der Waals surface area (Å²) in [5, 5.41) is 0.179. The lowest BCUT2D eigenvalue weighted by Crippen LogP contribution is -2.09. The number of hydrogen-bond acceptors (Lipinski definition) is 5. The van der Waals surface area contributed by atoms with E-state index in [1.54, 1.807) is 12.1 Å². The summed E-state index contributed by atoms with van der Waals surface area (Å²) in [6.45, 7) is 1.19. The second-order valence-corrected chi connectivity index (χ2v) is 7.18. The maximum Gasteiger partial charge on any atom is 0.308 e. The lowest BCUT2D eigenvalue weighted by Gasteiger charge is -2.08. The average molecular weight is 350 g/mol. The van der Waals surface area contributed by atoms with Crippen LogP contribution in [-0.2, 0) is 25.7 Å². The van der Waals surface area contributed by atoms with Crippen LogP contribution in [0.2, 0.25) is 0 Å². The number of hydrogen-bond donors (Lipinski definition) is 0. The predicted octanol–water partition coefficient (Wildman–Crippen LogP) is 2.37. The third kappa shape index (κ3) is 4.69. The molecule has 1 heterocycles. The van der Waals surface area contributed by atoms with E-state index in [4.69, 9.17) is 4.74 Å². The van der Waals surface area contributed by atoms with E-state index in [2.05, 4.69) is 9.35 Å². The van der Waals surface area contributed by atoms with Crippen molar-refractivity contribution in [2.75, 3.05) is 6.26 Å². The number of rotatable bonds is 4. The number of pyridine rings is 1. The standard InChI is InChI=1S/C16H15FN2O4S/c1-11(20)23-14-7-6-13(17)9-12(14)10-15(21)19-24(2,22)16-5-3-4-8-18-16/h3-9H,10H2,1-2H3. The first-order valence-corrected chi connectivity index (χ1v) is 8.83. The highest BCUT2D eigenvalue weighted by Gasteiger charge is 2.15. The van der Waals surface area contributed by atoms with E-state index in [0.717, 1.165) is 12.1 Å². The van der Waals surface area contributed by atoms with E-state index in [9.17, 15) is 18.2 Å². The van der Waals surface area contributed by atoms with Crippen LogP contribution in [0.5, 0.6) is 5.75 Å². The van der Waals surface area contributed by atoms with Crippen molar-refractivity contribution in [1.29, 1.82) is 0 Å². The van der Waals surface area contributed by atoms with E-state index >= 15 is 0 Å². The van der Waals surface area contributed by atoms with Crippen LogP contribution in [0.1, 0.15) is 12.5 Å². The van der Waals surface area contributed by atoms with Gasteiger partial charge in [-0.25, -0.2) is 13.6 Å². The van der Waals surface area contributed by atoms with Gasteiger partial charge in [-0.05, 0) is 30.3 Å². The molecule has 1 unspecified atom stereocenters. The highest BCUT2D eigenvalue weighted by molar-refractivity contribution is 7.93.